The lowest BCUT2D eigenvalue weighted by atomic mass is 10.2. The Morgan fingerprint density at radius 3 is 2.32 bits per heavy atom. The summed E-state index contributed by atoms with van der Waals surface area (Å²) in [6, 6.07) is 8.55. The molecule has 0 saturated carbocycles. The molecule has 1 rings (SSSR count). The predicted octanol–water partition coefficient (Wildman–Crippen LogP) is 1.65. The number of allylic oxidation sites excluding steroid dienone is 1. The molecule has 0 fully saturated rings. The molecule has 0 aromatic heterocycles. The van der Waals surface area contributed by atoms with E-state index in [0.29, 0.717) is 11.4 Å². The molecule has 0 unspecified atom stereocenters. The monoisotopic (exact) mass is 263 g/mol. The zero-order valence-corrected chi connectivity index (χ0v) is 11.2. The third kappa shape index (κ3) is 4.13. The smallest absolute Gasteiger partial charge is 0.352 e. The van der Waals surface area contributed by atoms with Crippen LogP contribution in [0.3, 0.4) is 0 Å². The van der Waals surface area contributed by atoms with Crippen molar-refractivity contribution in [2.24, 2.45) is 0 Å². The van der Waals surface area contributed by atoms with Gasteiger partial charge in [-0.3, -0.25) is 0 Å². The highest BCUT2D eigenvalue weighted by molar-refractivity contribution is 6.15. The summed E-state index contributed by atoms with van der Waals surface area (Å²) >= 11 is 0. The molecule has 1 aromatic carbocycles. The minimum Gasteiger partial charge on any atom is -0.462 e. The Labute approximate surface area is 112 Å². The average Bonchev–Trinajstić information content (AvgIpc) is 2.40. The topological polar surface area (TPSA) is 64.6 Å². The van der Waals surface area contributed by atoms with Crippen LogP contribution in [0.15, 0.2) is 41.6 Å². The van der Waals surface area contributed by atoms with Gasteiger partial charge in [0.1, 0.15) is 5.75 Å². The third-order valence-electron chi connectivity index (χ3n) is 2.39. The van der Waals surface area contributed by atoms with Gasteiger partial charge >= 0.3 is 11.9 Å². The second-order valence-corrected chi connectivity index (χ2v) is 3.67. The molecule has 102 valence electrons. The van der Waals surface area contributed by atoms with Gasteiger partial charge < -0.3 is 14.8 Å². The number of nitrogens with one attached hydrogen (secondary N) is 1. The summed E-state index contributed by atoms with van der Waals surface area (Å²) in [4.78, 5) is 23.8. The Balaban J connectivity index is 2.94. The van der Waals surface area contributed by atoms with Gasteiger partial charge in [0.05, 0.1) is 6.61 Å². The summed E-state index contributed by atoms with van der Waals surface area (Å²) in [6.45, 7) is 3.48. The Morgan fingerprint density at radius 2 is 1.79 bits per heavy atom. The van der Waals surface area contributed by atoms with Crippen LogP contribution in [0.5, 0.6) is 5.75 Å². The fraction of sp³-hybridized carbons (Fsp3) is 0.286. The lowest BCUT2D eigenvalue weighted by Gasteiger charge is -2.10. The maximum Gasteiger partial charge on any atom is 0.352 e. The first-order valence-corrected chi connectivity index (χ1v) is 5.93. The number of hydrogen-bond donors (Lipinski definition) is 1. The van der Waals surface area contributed by atoms with E-state index in [1.807, 2.05) is 0 Å². The van der Waals surface area contributed by atoms with Crippen LogP contribution in [0, 0.1) is 0 Å². The van der Waals surface area contributed by atoms with Crippen LogP contribution < -0.4 is 10.1 Å². The van der Waals surface area contributed by atoms with Gasteiger partial charge in [0, 0.05) is 12.7 Å². The zero-order chi connectivity index (χ0) is 14.3. The van der Waals surface area contributed by atoms with Gasteiger partial charge in [-0.05, 0) is 26.0 Å². The van der Waals surface area contributed by atoms with Gasteiger partial charge in [0.2, 0.25) is 0 Å². The molecule has 1 N–H and O–H groups in total. The minimum atomic E-state index is -0.739. The summed E-state index contributed by atoms with van der Waals surface area (Å²) in [5, 5.41) is 2.75. The van der Waals surface area contributed by atoms with Crippen molar-refractivity contribution in [1.29, 1.82) is 0 Å². The molecule has 0 amide bonds. The lowest BCUT2D eigenvalue weighted by molar-refractivity contribution is -0.143. The summed E-state index contributed by atoms with van der Waals surface area (Å²) in [7, 11) is 1.62. The van der Waals surface area contributed by atoms with Crippen molar-refractivity contribution in [3.63, 3.8) is 0 Å². The zero-order valence-electron chi connectivity index (χ0n) is 11.2. The Kier molecular flexibility index (Phi) is 5.60. The molecule has 5 heteroatoms. The van der Waals surface area contributed by atoms with Gasteiger partial charge in [-0.2, -0.15) is 0 Å². The molecule has 0 heterocycles. The van der Waals surface area contributed by atoms with Gasteiger partial charge in [-0.1, -0.05) is 18.2 Å². The number of ether oxygens (including phenoxy) is 2. The van der Waals surface area contributed by atoms with Gasteiger partial charge in [0.15, 0.2) is 5.57 Å². The number of esters is 2. The third-order valence-corrected chi connectivity index (χ3v) is 2.39. The standard InChI is InChI=1S/C14H17NO4/c1-4-18-13(16)12(10(2)15-3)14(17)19-11-8-6-5-7-9-11/h5-9,15H,4H2,1-3H3/b12-10-. The minimum absolute atomic E-state index is 0.131. The largest absolute Gasteiger partial charge is 0.462 e. The van der Waals surface area contributed by atoms with Crippen LogP contribution >= 0.6 is 0 Å². The number of carbonyl (C=O) groups is 2. The van der Waals surface area contributed by atoms with Crippen LogP contribution in [-0.4, -0.2) is 25.6 Å². The Bertz CT molecular complexity index is 479. The number of hydrogen-bond acceptors (Lipinski definition) is 5. The molecule has 0 aliphatic carbocycles. The Morgan fingerprint density at radius 1 is 1.16 bits per heavy atom. The lowest BCUT2D eigenvalue weighted by Crippen LogP contribution is -2.25. The van der Waals surface area contributed by atoms with E-state index in [1.165, 1.54) is 0 Å². The van der Waals surface area contributed by atoms with E-state index in [1.54, 1.807) is 51.2 Å². The molecule has 0 aliphatic heterocycles. The molecular weight excluding hydrogens is 246 g/mol. The van der Waals surface area contributed by atoms with Gasteiger partial charge in [-0.25, -0.2) is 9.59 Å². The highest BCUT2D eigenvalue weighted by atomic mass is 16.6. The molecule has 0 atom stereocenters. The summed E-state index contributed by atoms with van der Waals surface area (Å²) in [5.74, 6) is -1.06. The molecule has 19 heavy (non-hydrogen) atoms. The van der Waals surface area contributed by atoms with Gasteiger partial charge in [0.25, 0.3) is 0 Å². The van der Waals surface area contributed by atoms with Crippen LogP contribution in [0.25, 0.3) is 0 Å². The molecule has 0 radical (unpaired) electrons. The van der Waals surface area contributed by atoms with E-state index in [4.69, 9.17) is 9.47 Å². The van der Waals surface area contributed by atoms with Crippen molar-refractivity contribution in [2.75, 3.05) is 13.7 Å². The molecule has 5 nitrogen and oxygen atoms in total. The number of rotatable bonds is 5. The van der Waals surface area contributed by atoms with E-state index in [2.05, 4.69) is 5.32 Å². The maximum atomic E-state index is 12.0. The number of benzene rings is 1. The van der Waals surface area contributed by atoms with Crippen molar-refractivity contribution >= 4 is 11.9 Å². The number of carbonyl (C=O) groups excluding carboxylic acids is 2. The van der Waals surface area contributed by atoms with Gasteiger partial charge in [-0.15, -0.1) is 0 Å². The van der Waals surface area contributed by atoms with Crippen molar-refractivity contribution in [1.82, 2.24) is 5.32 Å². The normalized spacial score (nSPS) is 11.3. The summed E-state index contributed by atoms with van der Waals surface area (Å²) in [5.41, 5.74) is 0.271. The molecule has 1 aromatic rings. The van der Waals surface area contributed by atoms with E-state index >= 15 is 0 Å². The molecule has 0 bridgehead atoms. The van der Waals surface area contributed by atoms with Crippen LogP contribution in [0.2, 0.25) is 0 Å². The number of para-hydroxylation sites is 1. The van der Waals surface area contributed by atoms with E-state index < -0.39 is 11.9 Å². The summed E-state index contributed by atoms with van der Waals surface area (Å²) < 4.78 is 9.98. The van der Waals surface area contributed by atoms with E-state index in [-0.39, 0.29) is 12.2 Å². The van der Waals surface area contributed by atoms with Crippen molar-refractivity contribution in [2.45, 2.75) is 13.8 Å². The molecule has 0 spiro atoms. The first-order chi connectivity index (χ1) is 9.10. The quantitative estimate of drug-likeness (QED) is 0.288. The molecule has 0 aliphatic rings. The Hall–Kier alpha value is -2.30. The molecular formula is C14H17NO4. The van der Waals surface area contributed by atoms with Crippen LogP contribution in [0.4, 0.5) is 0 Å². The first-order valence-electron chi connectivity index (χ1n) is 5.93. The fourth-order valence-electron chi connectivity index (χ4n) is 1.36. The van der Waals surface area contributed by atoms with Crippen LogP contribution in [-0.2, 0) is 14.3 Å². The fourth-order valence-corrected chi connectivity index (χ4v) is 1.36. The second-order valence-electron chi connectivity index (χ2n) is 3.67. The SMILES string of the molecule is CCOC(=O)/C(C(=O)Oc1ccccc1)=C(\C)NC. The molecule has 0 saturated heterocycles. The highest BCUT2D eigenvalue weighted by Gasteiger charge is 2.24. The second kappa shape index (κ2) is 7.20. The predicted molar refractivity (Wildman–Crippen MR) is 70.5 cm³/mol. The summed E-state index contributed by atoms with van der Waals surface area (Å²) in [6.07, 6.45) is 0. The first kappa shape index (κ1) is 14.8. The van der Waals surface area contributed by atoms with Crippen molar-refractivity contribution in [3.05, 3.63) is 41.6 Å². The van der Waals surface area contributed by atoms with Crippen molar-refractivity contribution in [3.8, 4) is 5.75 Å². The van der Waals surface area contributed by atoms with Crippen molar-refractivity contribution < 1.29 is 19.1 Å². The van der Waals surface area contributed by atoms with E-state index in [0.717, 1.165) is 0 Å². The van der Waals surface area contributed by atoms with Crippen LogP contribution in [0.1, 0.15) is 13.8 Å². The van der Waals surface area contributed by atoms with E-state index in [9.17, 15) is 9.59 Å². The maximum absolute atomic E-state index is 12.0. The highest BCUT2D eigenvalue weighted by Crippen LogP contribution is 2.13. The average molecular weight is 263 g/mol.